The number of fused-ring (bicyclic) bond motifs is 3. The van der Waals surface area contributed by atoms with Gasteiger partial charge in [-0.05, 0) is 11.1 Å². The van der Waals surface area contributed by atoms with E-state index in [1.54, 1.807) is 0 Å². The number of hydrogen-bond acceptors (Lipinski definition) is 0. The second kappa shape index (κ2) is 7.93. The van der Waals surface area contributed by atoms with E-state index in [1.165, 1.54) is 20.0 Å². The first kappa shape index (κ1) is 17.2. The fourth-order valence-electron chi connectivity index (χ4n) is 2.11. The van der Waals surface area contributed by atoms with E-state index in [4.69, 9.17) is 8.92 Å². The van der Waals surface area contributed by atoms with Crippen molar-refractivity contribution in [2.24, 2.45) is 0 Å². The van der Waals surface area contributed by atoms with Gasteiger partial charge in [0.05, 0.1) is 0 Å². The van der Waals surface area contributed by atoms with Crippen molar-refractivity contribution in [1.29, 1.82) is 0 Å². The number of rotatable bonds is 2. The third-order valence-corrected chi connectivity index (χ3v) is 20.6. The minimum absolute atomic E-state index is 0.780. The second-order valence-corrected chi connectivity index (χ2v) is 32.0. The van der Waals surface area contributed by atoms with Crippen LogP contribution in [0.4, 0.5) is 11.4 Å². The average Bonchev–Trinajstić information content (AvgIpc) is 2.55. The van der Waals surface area contributed by atoms with Gasteiger partial charge in [-0.25, -0.2) is 0 Å². The Labute approximate surface area is 141 Å². The third kappa shape index (κ3) is 4.67. The summed E-state index contributed by atoms with van der Waals surface area (Å²) in [6, 6.07) is 4.22. The first-order valence-electron chi connectivity index (χ1n) is 7.30. The Morgan fingerprint density at radius 2 is 1.43 bits per heavy atom. The fraction of sp³-hybridized carbons (Fsp3) is 0.375. The molecule has 2 nitrogen and oxygen atoms in total. The van der Waals surface area contributed by atoms with E-state index in [0.717, 1.165) is 24.5 Å². The van der Waals surface area contributed by atoms with Crippen molar-refractivity contribution < 1.29 is 0 Å². The van der Waals surface area contributed by atoms with Gasteiger partial charge in [0.1, 0.15) is 0 Å². The number of hydrogen-bond donors (Lipinski definition) is 0. The molecule has 21 heavy (non-hydrogen) atoms. The van der Waals surface area contributed by atoms with E-state index in [1.807, 2.05) is 0 Å². The molecule has 0 atom stereocenters. The van der Waals surface area contributed by atoms with Gasteiger partial charge in [-0.3, -0.25) is 0 Å². The number of nitrogens with zero attached hydrogens (tertiary/aromatic N) is 2. The SMILES string of the molecule is C1=Cc2ccc3c(c2[N-]C1)[N-]CC=C3.C[CH2][Sn]([Cl])([Br])[CH2]C. The Morgan fingerprint density at radius 3 is 1.76 bits per heavy atom. The van der Waals surface area contributed by atoms with Crippen LogP contribution in [-0.2, 0) is 0 Å². The first-order chi connectivity index (χ1) is 10.1. The molecule has 0 aliphatic carbocycles. The molecule has 0 amide bonds. The predicted molar refractivity (Wildman–Crippen MR) is 102 cm³/mol. The van der Waals surface area contributed by atoms with Crippen LogP contribution in [0.3, 0.4) is 0 Å². The average molecular weight is 474 g/mol. The van der Waals surface area contributed by atoms with Crippen molar-refractivity contribution in [3.63, 3.8) is 0 Å². The molecular weight excluding hydrogens is 454 g/mol. The molecule has 3 rings (SSSR count). The van der Waals surface area contributed by atoms with Gasteiger partial charge in [-0.1, -0.05) is 24.3 Å². The van der Waals surface area contributed by atoms with Crippen molar-refractivity contribution in [3.8, 4) is 0 Å². The third-order valence-electron chi connectivity index (χ3n) is 3.55. The number of halogens is 2. The van der Waals surface area contributed by atoms with Crippen LogP contribution in [0, 0.1) is 0 Å². The number of benzene rings is 1. The zero-order valence-electron chi connectivity index (χ0n) is 12.4. The molecule has 1 aromatic rings. The summed E-state index contributed by atoms with van der Waals surface area (Å²) >= 11 is 1.56. The van der Waals surface area contributed by atoms with Crippen molar-refractivity contribution >= 4 is 60.2 Å². The van der Waals surface area contributed by atoms with Crippen molar-refractivity contribution in [2.75, 3.05) is 13.1 Å². The maximum atomic E-state index is 6.03. The minimum atomic E-state index is -2.00. The monoisotopic (exact) mass is 474 g/mol. The molecule has 0 saturated carbocycles. The van der Waals surface area contributed by atoms with E-state index in [9.17, 15) is 0 Å². The summed E-state index contributed by atoms with van der Waals surface area (Å²) in [6.07, 6.45) is 8.40. The van der Waals surface area contributed by atoms with E-state index in [-0.39, 0.29) is 0 Å². The van der Waals surface area contributed by atoms with Gasteiger partial charge in [0.15, 0.2) is 0 Å². The van der Waals surface area contributed by atoms with Gasteiger partial charge in [-0.2, -0.15) is 0 Å². The molecule has 0 N–H and O–H groups in total. The summed E-state index contributed by atoms with van der Waals surface area (Å²) in [6.45, 7) is 5.87. The zero-order chi connectivity index (χ0) is 15.3. The summed E-state index contributed by atoms with van der Waals surface area (Å²) < 4.78 is 2.37. The Morgan fingerprint density at radius 1 is 1.00 bits per heavy atom. The molecule has 114 valence electrons. The van der Waals surface area contributed by atoms with Gasteiger partial charge in [-0.15, -0.1) is 36.6 Å². The van der Waals surface area contributed by atoms with Crippen LogP contribution >= 0.6 is 21.6 Å². The molecule has 2 heterocycles. The first-order valence-corrected chi connectivity index (χ1v) is 21.3. The molecule has 0 fully saturated rings. The Balaban J connectivity index is 0.000000199. The molecule has 0 aromatic heterocycles. The molecule has 0 spiro atoms. The van der Waals surface area contributed by atoms with Crippen LogP contribution < -0.4 is 0 Å². The quantitative estimate of drug-likeness (QED) is 0.420. The summed E-state index contributed by atoms with van der Waals surface area (Å²) in [4.78, 5) is 0. The van der Waals surface area contributed by atoms with Crippen LogP contribution in [0.2, 0.25) is 8.87 Å². The molecule has 1 aromatic carbocycles. The van der Waals surface area contributed by atoms with Gasteiger partial charge < -0.3 is 10.6 Å². The Kier molecular flexibility index (Phi) is 6.50. The maximum absolute atomic E-state index is 6.03. The van der Waals surface area contributed by atoms with Gasteiger partial charge in [0.2, 0.25) is 0 Å². The second-order valence-electron chi connectivity index (χ2n) is 4.99. The van der Waals surface area contributed by atoms with E-state index >= 15 is 0 Å². The molecule has 0 bridgehead atoms. The van der Waals surface area contributed by atoms with Gasteiger partial charge in [0, 0.05) is 0 Å². The standard InChI is InChI=1S/C12H10N2.2C2H5.BrH.ClH.Sn/c1-3-9-5-6-10-4-2-8-14-12(10)11(9)13-7-1;2*1-2;;;/h1-6H,7-8H2;2*1H2,2H3;2*1H;/q-2;;;;;+2/p-2. The molecule has 2 aliphatic heterocycles. The predicted octanol–water partition coefficient (Wildman–Crippen LogP) is 6.85. The van der Waals surface area contributed by atoms with Crippen molar-refractivity contribution in [2.45, 2.75) is 22.7 Å². The van der Waals surface area contributed by atoms with E-state index in [2.05, 4.69) is 73.6 Å². The Bertz CT molecular complexity index is 508. The molecular formula is C16H20BrClN2Sn-2. The Hall–Kier alpha value is -0.131. The summed E-state index contributed by atoms with van der Waals surface area (Å²) in [7, 11) is 6.03. The van der Waals surface area contributed by atoms with Crippen molar-refractivity contribution in [3.05, 3.63) is 46.0 Å². The van der Waals surface area contributed by atoms with Crippen LogP contribution in [0.25, 0.3) is 22.8 Å². The molecule has 5 heteroatoms. The summed E-state index contributed by atoms with van der Waals surface area (Å²) in [5.41, 5.74) is 4.51. The molecule has 0 radical (unpaired) electrons. The van der Waals surface area contributed by atoms with E-state index in [0.29, 0.717) is 0 Å². The van der Waals surface area contributed by atoms with E-state index < -0.39 is 15.0 Å². The van der Waals surface area contributed by atoms with Crippen molar-refractivity contribution in [1.82, 2.24) is 0 Å². The zero-order valence-corrected chi connectivity index (χ0v) is 17.6. The van der Waals surface area contributed by atoms with Crippen LogP contribution in [0.15, 0.2) is 24.3 Å². The van der Waals surface area contributed by atoms with Crippen LogP contribution in [0.1, 0.15) is 25.0 Å². The van der Waals surface area contributed by atoms with Crippen LogP contribution in [-0.4, -0.2) is 28.1 Å². The normalized spacial score (nSPS) is 15.0. The molecule has 2 aliphatic rings. The van der Waals surface area contributed by atoms with Gasteiger partial charge in [0.25, 0.3) is 0 Å². The molecule has 0 saturated heterocycles. The van der Waals surface area contributed by atoms with Crippen LogP contribution in [0.5, 0.6) is 0 Å². The summed E-state index contributed by atoms with van der Waals surface area (Å²) in [5.74, 6) is 0. The fourth-order valence-corrected chi connectivity index (χ4v) is 3.54. The van der Waals surface area contributed by atoms with Gasteiger partial charge >= 0.3 is 59.4 Å². The summed E-state index contributed by atoms with van der Waals surface area (Å²) in [5, 5.41) is 8.98. The topological polar surface area (TPSA) is 28.2 Å². The molecule has 0 unspecified atom stereocenters.